The Balaban J connectivity index is 1.51. The molecule has 0 aromatic carbocycles. The molecule has 0 radical (unpaired) electrons. The van der Waals surface area contributed by atoms with Crippen LogP contribution >= 0.6 is 11.3 Å². The van der Waals surface area contributed by atoms with E-state index in [1.807, 2.05) is 19.9 Å². The van der Waals surface area contributed by atoms with Crippen molar-refractivity contribution in [3.05, 3.63) is 21.4 Å². The van der Waals surface area contributed by atoms with Gasteiger partial charge in [0.05, 0.1) is 12.7 Å². The molecule has 24 heavy (non-hydrogen) atoms. The van der Waals surface area contributed by atoms with Crippen molar-refractivity contribution >= 4 is 23.0 Å². The van der Waals surface area contributed by atoms with Crippen LogP contribution in [0.4, 0.5) is 0 Å². The molecule has 0 saturated carbocycles. The van der Waals surface area contributed by atoms with Crippen molar-refractivity contribution in [1.29, 1.82) is 0 Å². The number of carbonyl (C=O) groups excluding carboxylic acids is 2. The molecule has 1 atom stereocenters. The van der Waals surface area contributed by atoms with Crippen molar-refractivity contribution in [3.8, 4) is 0 Å². The zero-order valence-electron chi connectivity index (χ0n) is 14.6. The van der Waals surface area contributed by atoms with Gasteiger partial charge in [-0.25, -0.2) is 0 Å². The van der Waals surface area contributed by atoms with Gasteiger partial charge in [-0.15, -0.1) is 11.3 Å². The predicted molar refractivity (Wildman–Crippen MR) is 94.8 cm³/mol. The summed E-state index contributed by atoms with van der Waals surface area (Å²) in [5.74, 6) is -0.0287. The van der Waals surface area contributed by atoms with Crippen LogP contribution in [0.15, 0.2) is 6.07 Å². The predicted octanol–water partition coefficient (Wildman–Crippen LogP) is 3.03. The van der Waals surface area contributed by atoms with E-state index < -0.39 is 0 Å². The Morgan fingerprint density at radius 3 is 2.88 bits per heavy atom. The fourth-order valence-corrected chi connectivity index (χ4v) is 3.69. The first kappa shape index (κ1) is 19.1. The van der Waals surface area contributed by atoms with Gasteiger partial charge in [0.1, 0.15) is 0 Å². The molecule has 1 N–H and O–H groups in total. The van der Waals surface area contributed by atoms with Gasteiger partial charge in [0, 0.05) is 47.9 Å². The Labute approximate surface area is 147 Å². The van der Waals surface area contributed by atoms with Crippen molar-refractivity contribution in [2.45, 2.75) is 52.1 Å². The summed E-state index contributed by atoms with van der Waals surface area (Å²) in [4.78, 5) is 26.1. The molecule has 1 aliphatic rings. The van der Waals surface area contributed by atoms with Crippen LogP contribution < -0.4 is 5.32 Å². The maximum Gasteiger partial charge on any atom is 0.220 e. The number of thiophene rings is 1. The summed E-state index contributed by atoms with van der Waals surface area (Å²) in [5.41, 5.74) is 0.757. The van der Waals surface area contributed by atoms with Crippen molar-refractivity contribution in [2.75, 3.05) is 26.4 Å². The van der Waals surface area contributed by atoms with Gasteiger partial charge in [-0.3, -0.25) is 9.59 Å². The van der Waals surface area contributed by atoms with E-state index in [1.165, 1.54) is 0 Å². The summed E-state index contributed by atoms with van der Waals surface area (Å²) in [7, 11) is 0. The van der Waals surface area contributed by atoms with Crippen LogP contribution in [0.25, 0.3) is 0 Å². The van der Waals surface area contributed by atoms with Crippen LogP contribution in [0, 0.1) is 13.8 Å². The van der Waals surface area contributed by atoms with Crippen LogP contribution in [-0.2, 0) is 14.3 Å². The largest absolute Gasteiger partial charge is 0.379 e. The first-order chi connectivity index (χ1) is 11.6. The minimum atomic E-state index is -0.0768. The highest BCUT2D eigenvalue weighted by molar-refractivity contribution is 7.12. The first-order valence-electron chi connectivity index (χ1n) is 8.62. The molecular formula is C18H27NO4S. The van der Waals surface area contributed by atoms with Gasteiger partial charge in [-0.1, -0.05) is 0 Å². The Kier molecular flexibility index (Phi) is 7.88. The Morgan fingerprint density at radius 1 is 1.38 bits per heavy atom. The van der Waals surface area contributed by atoms with Gasteiger partial charge in [-0.2, -0.15) is 0 Å². The van der Waals surface area contributed by atoms with E-state index >= 15 is 0 Å². The van der Waals surface area contributed by atoms with E-state index in [9.17, 15) is 9.59 Å². The quantitative estimate of drug-likeness (QED) is 0.519. The molecule has 0 spiro atoms. The molecule has 1 fully saturated rings. The van der Waals surface area contributed by atoms with Gasteiger partial charge in [0.2, 0.25) is 5.91 Å². The van der Waals surface area contributed by atoms with Gasteiger partial charge in [0.25, 0.3) is 0 Å². The molecular weight excluding hydrogens is 326 g/mol. The van der Waals surface area contributed by atoms with Gasteiger partial charge < -0.3 is 14.8 Å². The molecule has 1 amide bonds. The number of ketones is 1. The van der Waals surface area contributed by atoms with Crippen LogP contribution in [0.3, 0.4) is 0 Å². The van der Waals surface area contributed by atoms with E-state index in [-0.39, 0.29) is 30.6 Å². The van der Waals surface area contributed by atoms with Crippen LogP contribution in [0.2, 0.25) is 0 Å². The highest BCUT2D eigenvalue weighted by atomic mass is 32.1. The van der Waals surface area contributed by atoms with Gasteiger partial charge in [0.15, 0.2) is 5.78 Å². The summed E-state index contributed by atoms with van der Waals surface area (Å²) in [5, 5.41) is 2.84. The molecule has 0 aliphatic carbocycles. The lowest BCUT2D eigenvalue weighted by atomic mass is 10.1. The number of carbonyl (C=O) groups is 2. The molecule has 1 aromatic heterocycles. The normalized spacial score (nSPS) is 17.2. The van der Waals surface area contributed by atoms with E-state index in [0.717, 1.165) is 41.2 Å². The minimum absolute atomic E-state index is 0.0481. The van der Waals surface area contributed by atoms with Gasteiger partial charge in [-0.05, 0) is 39.2 Å². The molecule has 1 unspecified atom stereocenters. The second-order valence-corrected chi connectivity index (χ2v) is 7.62. The topological polar surface area (TPSA) is 64.6 Å². The van der Waals surface area contributed by atoms with E-state index in [1.54, 1.807) is 11.3 Å². The van der Waals surface area contributed by atoms with Crippen LogP contribution in [-0.4, -0.2) is 44.2 Å². The third kappa shape index (κ3) is 6.34. The highest BCUT2D eigenvalue weighted by Crippen LogP contribution is 2.22. The summed E-state index contributed by atoms with van der Waals surface area (Å²) < 4.78 is 11.0. The minimum Gasteiger partial charge on any atom is -0.379 e. The van der Waals surface area contributed by atoms with Crippen molar-refractivity contribution in [3.63, 3.8) is 0 Å². The summed E-state index contributed by atoms with van der Waals surface area (Å²) in [6, 6.07) is 1.91. The maximum absolute atomic E-state index is 12.1. The summed E-state index contributed by atoms with van der Waals surface area (Å²) in [6.07, 6.45) is 3.72. The lowest BCUT2D eigenvalue weighted by Crippen LogP contribution is -2.26. The number of ether oxygens (including phenoxy) is 2. The number of rotatable bonds is 10. The zero-order valence-corrected chi connectivity index (χ0v) is 15.4. The summed E-state index contributed by atoms with van der Waals surface area (Å²) >= 11 is 1.62. The lowest BCUT2D eigenvalue weighted by Gasteiger charge is -2.10. The third-order valence-corrected chi connectivity index (χ3v) is 5.00. The number of aryl methyl sites for hydroxylation is 2. The van der Waals surface area contributed by atoms with E-state index in [4.69, 9.17) is 9.47 Å². The van der Waals surface area contributed by atoms with Gasteiger partial charge >= 0.3 is 0 Å². The second-order valence-electron chi connectivity index (χ2n) is 6.16. The Bertz CT molecular complexity index is 549. The van der Waals surface area contributed by atoms with E-state index in [2.05, 4.69) is 5.32 Å². The highest BCUT2D eigenvalue weighted by Gasteiger charge is 2.15. The monoisotopic (exact) mass is 353 g/mol. The Hall–Kier alpha value is -1.24. The number of hydrogen-bond acceptors (Lipinski definition) is 5. The number of Topliss-reactive ketones (excluding diaryl/α,β-unsaturated/α-hetero) is 1. The molecule has 134 valence electrons. The van der Waals surface area contributed by atoms with Crippen molar-refractivity contribution < 1.29 is 19.1 Å². The number of amides is 1. The fourth-order valence-electron chi connectivity index (χ4n) is 2.75. The number of hydrogen-bond donors (Lipinski definition) is 1. The zero-order chi connectivity index (χ0) is 17.4. The standard InChI is InChI=1S/C18H27NO4S/c1-13-11-16(14(2)24-13)17(20)6-7-18(21)19-8-4-9-22-12-15-5-3-10-23-15/h11,15H,3-10,12H2,1-2H3,(H,19,21). The van der Waals surface area contributed by atoms with Crippen molar-refractivity contribution in [2.24, 2.45) is 0 Å². The van der Waals surface area contributed by atoms with E-state index in [0.29, 0.717) is 19.8 Å². The molecule has 0 bridgehead atoms. The molecule has 1 aliphatic heterocycles. The Morgan fingerprint density at radius 2 is 2.21 bits per heavy atom. The molecule has 1 saturated heterocycles. The lowest BCUT2D eigenvalue weighted by molar-refractivity contribution is -0.121. The first-order valence-corrected chi connectivity index (χ1v) is 9.44. The average molecular weight is 353 g/mol. The average Bonchev–Trinajstić information content (AvgIpc) is 3.17. The SMILES string of the molecule is Cc1cc(C(=O)CCC(=O)NCCCOCC2CCCO2)c(C)s1. The van der Waals surface area contributed by atoms with Crippen LogP contribution in [0.5, 0.6) is 0 Å². The molecule has 1 aromatic rings. The second kappa shape index (κ2) is 9.91. The molecule has 2 heterocycles. The molecule has 5 nitrogen and oxygen atoms in total. The van der Waals surface area contributed by atoms with Crippen LogP contribution in [0.1, 0.15) is 52.2 Å². The number of nitrogens with one attached hydrogen (secondary N) is 1. The van der Waals surface area contributed by atoms with Crippen molar-refractivity contribution in [1.82, 2.24) is 5.32 Å². The molecule has 2 rings (SSSR count). The molecule has 6 heteroatoms. The maximum atomic E-state index is 12.1. The third-order valence-electron chi connectivity index (χ3n) is 4.04. The summed E-state index contributed by atoms with van der Waals surface area (Å²) in [6.45, 7) is 6.61. The fraction of sp³-hybridized carbons (Fsp3) is 0.667. The smallest absolute Gasteiger partial charge is 0.220 e.